The highest BCUT2D eigenvalue weighted by Gasteiger charge is 2.34. The number of aryl methyl sites for hydroxylation is 1. The van der Waals surface area contributed by atoms with Crippen molar-refractivity contribution in [2.24, 2.45) is 0 Å². The molecule has 0 spiro atoms. The van der Waals surface area contributed by atoms with Gasteiger partial charge in [0, 0.05) is 12.2 Å². The fraction of sp³-hybridized carbons (Fsp3) is 0.500. The van der Waals surface area contributed by atoms with Crippen molar-refractivity contribution in [3.05, 3.63) is 29.3 Å². The molecule has 0 aliphatic carbocycles. The number of carbonyl (C=O) groups is 2. The Morgan fingerprint density at radius 1 is 1.38 bits per heavy atom. The van der Waals surface area contributed by atoms with E-state index in [9.17, 15) is 9.59 Å². The number of piperidine rings is 1. The summed E-state index contributed by atoms with van der Waals surface area (Å²) in [5, 5.41) is 0. The van der Waals surface area contributed by atoms with Crippen LogP contribution in [-0.2, 0) is 9.53 Å². The second-order valence-corrected chi connectivity index (χ2v) is 5.30. The summed E-state index contributed by atoms with van der Waals surface area (Å²) in [6.45, 7) is 4.52. The molecule has 1 fully saturated rings. The van der Waals surface area contributed by atoms with Crippen molar-refractivity contribution in [1.29, 1.82) is 0 Å². The second kappa shape index (κ2) is 6.61. The van der Waals surface area contributed by atoms with Crippen LogP contribution in [0.1, 0.15) is 42.1 Å². The van der Waals surface area contributed by atoms with E-state index < -0.39 is 6.04 Å². The molecule has 21 heavy (non-hydrogen) atoms. The van der Waals surface area contributed by atoms with E-state index in [0.29, 0.717) is 30.8 Å². The van der Waals surface area contributed by atoms with Crippen LogP contribution in [0.4, 0.5) is 5.69 Å². The summed E-state index contributed by atoms with van der Waals surface area (Å²) in [6, 6.07) is 4.89. The maximum atomic E-state index is 12.7. The molecule has 1 aliphatic heterocycles. The predicted molar refractivity (Wildman–Crippen MR) is 80.9 cm³/mol. The molecule has 2 N–H and O–H groups in total. The van der Waals surface area contributed by atoms with Gasteiger partial charge in [-0.05, 0) is 44.7 Å². The number of hydrogen-bond acceptors (Lipinski definition) is 4. The van der Waals surface area contributed by atoms with Crippen LogP contribution in [-0.4, -0.2) is 36.0 Å². The van der Waals surface area contributed by atoms with Gasteiger partial charge in [-0.25, -0.2) is 4.79 Å². The molecule has 1 aromatic carbocycles. The summed E-state index contributed by atoms with van der Waals surface area (Å²) >= 11 is 0. The molecule has 1 heterocycles. The molecule has 1 atom stereocenters. The van der Waals surface area contributed by atoms with E-state index >= 15 is 0 Å². The molecule has 5 heteroatoms. The lowest BCUT2D eigenvalue weighted by Crippen LogP contribution is -2.48. The summed E-state index contributed by atoms with van der Waals surface area (Å²) in [5.74, 6) is -0.509. The summed E-state index contributed by atoms with van der Waals surface area (Å²) in [4.78, 5) is 26.4. The van der Waals surface area contributed by atoms with Gasteiger partial charge < -0.3 is 15.4 Å². The normalized spacial score (nSPS) is 18.4. The largest absolute Gasteiger partial charge is 0.464 e. The average molecular weight is 290 g/mol. The molecular formula is C16H22N2O3. The summed E-state index contributed by atoms with van der Waals surface area (Å²) in [6.07, 6.45) is 2.47. The fourth-order valence-electron chi connectivity index (χ4n) is 2.68. The van der Waals surface area contributed by atoms with Gasteiger partial charge in [-0.15, -0.1) is 0 Å². The number of para-hydroxylation sites is 1. The zero-order valence-electron chi connectivity index (χ0n) is 12.6. The molecular weight excluding hydrogens is 268 g/mol. The van der Waals surface area contributed by atoms with E-state index in [0.717, 1.165) is 18.4 Å². The summed E-state index contributed by atoms with van der Waals surface area (Å²) < 4.78 is 5.09. The second-order valence-electron chi connectivity index (χ2n) is 5.30. The Morgan fingerprint density at radius 2 is 2.14 bits per heavy atom. The number of esters is 1. The number of carbonyl (C=O) groups excluding carboxylic acids is 2. The first kappa shape index (κ1) is 15.4. The van der Waals surface area contributed by atoms with Gasteiger partial charge in [0.05, 0.1) is 12.2 Å². The van der Waals surface area contributed by atoms with E-state index in [2.05, 4.69) is 0 Å². The Balaban J connectivity index is 2.26. The average Bonchev–Trinajstić information content (AvgIpc) is 2.49. The molecule has 1 aliphatic rings. The Hall–Kier alpha value is -2.04. The molecule has 2 rings (SSSR count). The van der Waals surface area contributed by atoms with E-state index in [-0.39, 0.29) is 11.9 Å². The van der Waals surface area contributed by atoms with Gasteiger partial charge in [0.1, 0.15) is 6.04 Å². The standard InChI is InChI=1S/C16H22N2O3/c1-3-21-16(20)13-9-4-5-10-18(13)15(19)12-8-6-7-11(2)14(12)17/h6-8,13H,3-5,9-10,17H2,1-2H3. The molecule has 0 bridgehead atoms. The minimum Gasteiger partial charge on any atom is -0.464 e. The van der Waals surface area contributed by atoms with Crippen molar-refractivity contribution in [3.8, 4) is 0 Å². The van der Waals surface area contributed by atoms with Crippen LogP contribution in [0.15, 0.2) is 18.2 Å². The van der Waals surface area contributed by atoms with Gasteiger partial charge in [0.25, 0.3) is 5.91 Å². The molecule has 1 amide bonds. The maximum Gasteiger partial charge on any atom is 0.328 e. The van der Waals surface area contributed by atoms with E-state index in [1.54, 1.807) is 17.9 Å². The van der Waals surface area contributed by atoms with Crippen molar-refractivity contribution in [3.63, 3.8) is 0 Å². The number of anilines is 1. The lowest BCUT2D eigenvalue weighted by atomic mass is 9.99. The SMILES string of the molecule is CCOC(=O)C1CCCCN1C(=O)c1cccc(C)c1N. The topological polar surface area (TPSA) is 72.6 Å². The molecule has 114 valence electrons. The van der Waals surface area contributed by atoms with Gasteiger partial charge in [0.15, 0.2) is 0 Å². The van der Waals surface area contributed by atoms with Gasteiger partial charge in [-0.3, -0.25) is 4.79 Å². The van der Waals surface area contributed by atoms with Gasteiger partial charge >= 0.3 is 5.97 Å². The number of nitrogen functional groups attached to an aromatic ring is 1. The van der Waals surface area contributed by atoms with Crippen LogP contribution >= 0.6 is 0 Å². The molecule has 0 saturated carbocycles. The molecule has 1 unspecified atom stereocenters. The first-order chi connectivity index (χ1) is 10.1. The number of likely N-dealkylation sites (tertiary alicyclic amines) is 1. The van der Waals surface area contributed by atoms with E-state index in [4.69, 9.17) is 10.5 Å². The fourth-order valence-corrected chi connectivity index (χ4v) is 2.68. The highest BCUT2D eigenvalue weighted by molar-refractivity contribution is 6.01. The Bertz CT molecular complexity index is 542. The number of nitrogens with zero attached hydrogens (tertiary/aromatic N) is 1. The van der Waals surface area contributed by atoms with Crippen LogP contribution in [0.2, 0.25) is 0 Å². The van der Waals surface area contributed by atoms with E-state index in [1.807, 2.05) is 19.1 Å². The Morgan fingerprint density at radius 3 is 2.86 bits per heavy atom. The van der Waals surface area contributed by atoms with Crippen molar-refractivity contribution >= 4 is 17.6 Å². The number of benzene rings is 1. The van der Waals surface area contributed by atoms with E-state index in [1.165, 1.54) is 0 Å². The van der Waals surface area contributed by atoms with Crippen molar-refractivity contribution in [2.75, 3.05) is 18.9 Å². The third-order valence-corrected chi connectivity index (χ3v) is 3.88. The Kier molecular flexibility index (Phi) is 4.83. The molecule has 0 radical (unpaired) electrons. The molecule has 0 aromatic heterocycles. The third kappa shape index (κ3) is 3.17. The number of nitrogens with two attached hydrogens (primary N) is 1. The van der Waals surface area contributed by atoms with Crippen molar-refractivity contribution in [1.82, 2.24) is 4.90 Å². The smallest absolute Gasteiger partial charge is 0.328 e. The van der Waals surface area contributed by atoms with Crippen LogP contribution in [0.5, 0.6) is 0 Å². The number of amides is 1. The monoisotopic (exact) mass is 290 g/mol. The highest BCUT2D eigenvalue weighted by Crippen LogP contribution is 2.24. The van der Waals surface area contributed by atoms with Crippen LogP contribution < -0.4 is 5.73 Å². The van der Waals surface area contributed by atoms with Gasteiger partial charge in [-0.1, -0.05) is 12.1 Å². The first-order valence-corrected chi connectivity index (χ1v) is 7.39. The molecule has 1 aromatic rings. The van der Waals surface area contributed by atoms with Crippen molar-refractivity contribution in [2.45, 2.75) is 39.2 Å². The lowest BCUT2D eigenvalue weighted by molar-refractivity contribution is -0.149. The first-order valence-electron chi connectivity index (χ1n) is 7.39. The van der Waals surface area contributed by atoms with Crippen LogP contribution in [0.3, 0.4) is 0 Å². The zero-order chi connectivity index (χ0) is 15.4. The van der Waals surface area contributed by atoms with Crippen LogP contribution in [0.25, 0.3) is 0 Å². The summed E-state index contributed by atoms with van der Waals surface area (Å²) in [7, 11) is 0. The Labute approximate surface area is 125 Å². The van der Waals surface area contributed by atoms with Crippen LogP contribution in [0, 0.1) is 6.92 Å². The van der Waals surface area contributed by atoms with Crippen molar-refractivity contribution < 1.29 is 14.3 Å². The predicted octanol–water partition coefficient (Wildman–Crippen LogP) is 2.14. The quantitative estimate of drug-likeness (QED) is 0.683. The third-order valence-electron chi connectivity index (χ3n) is 3.88. The van der Waals surface area contributed by atoms with Gasteiger partial charge in [-0.2, -0.15) is 0 Å². The highest BCUT2D eigenvalue weighted by atomic mass is 16.5. The molecule has 5 nitrogen and oxygen atoms in total. The zero-order valence-corrected chi connectivity index (χ0v) is 12.6. The minimum atomic E-state index is -0.494. The summed E-state index contributed by atoms with van der Waals surface area (Å²) in [5.41, 5.74) is 7.82. The lowest BCUT2D eigenvalue weighted by Gasteiger charge is -2.34. The number of rotatable bonds is 3. The minimum absolute atomic E-state index is 0.186. The number of ether oxygens (including phenoxy) is 1. The maximum absolute atomic E-state index is 12.7. The van der Waals surface area contributed by atoms with Gasteiger partial charge in [0.2, 0.25) is 0 Å². The number of hydrogen-bond donors (Lipinski definition) is 1. The molecule has 1 saturated heterocycles.